The smallest absolute Gasteiger partial charge is 0.276 e. The molecule has 4 heterocycles. The molecule has 1 aliphatic heterocycles. The van der Waals surface area contributed by atoms with E-state index in [4.69, 9.17) is 0 Å². The number of hydrogen-bond acceptors (Lipinski definition) is 5. The number of rotatable bonds is 4. The number of amides is 1. The van der Waals surface area contributed by atoms with Crippen LogP contribution in [0.5, 0.6) is 0 Å². The Bertz CT molecular complexity index is 1270. The Labute approximate surface area is 172 Å². The van der Waals surface area contributed by atoms with Crippen molar-refractivity contribution in [2.45, 2.75) is 12.8 Å². The van der Waals surface area contributed by atoms with E-state index in [-0.39, 0.29) is 11.5 Å². The molecule has 0 unspecified atom stereocenters. The summed E-state index contributed by atoms with van der Waals surface area (Å²) in [6.45, 7) is 2.11. The summed E-state index contributed by atoms with van der Waals surface area (Å²) in [5, 5.41) is 10.6. The zero-order valence-electron chi connectivity index (χ0n) is 16.2. The van der Waals surface area contributed by atoms with Crippen molar-refractivity contribution in [3.63, 3.8) is 0 Å². The van der Waals surface area contributed by atoms with Gasteiger partial charge in [-0.15, -0.1) is 0 Å². The molecule has 150 valence electrons. The maximum atomic E-state index is 12.7. The molecule has 1 saturated heterocycles. The summed E-state index contributed by atoms with van der Waals surface area (Å²) < 4.78 is 0. The first-order chi connectivity index (χ1) is 14.7. The maximum Gasteiger partial charge on any atom is 0.276 e. The standard InChI is InChI=1S/C22H20N6O2/c29-20-6-4-16(12-24-20)25-22(30)21-18-10-14(3-5-19(18)26-27-21)15-9-17(13-23-11-15)28-7-1-2-8-28/h3-6,9-13H,1-2,7-8H2,(H,24,29)(H,25,30)(H,26,27). The van der Waals surface area contributed by atoms with E-state index >= 15 is 0 Å². The monoisotopic (exact) mass is 400 g/mol. The van der Waals surface area contributed by atoms with Gasteiger partial charge in [0, 0.05) is 42.5 Å². The van der Waals surface area contributed by atoms with Gasteiger partial charge in [-0.25, -0.2) is 0 Å². The molecule has 0 saturated carbocycles. The van der Waals surface area contributed by atoms with Crippen molar-refractivity contribution >= 4 is 28.2 Å². The number of hydrogen-bond donors (Lipinski definition) is 3. The first-order valence-corrected chi connectivity index (χ1v) is 9.86. The van der Waals surface area contributed by atoms with Crippen molar-refractivity contribution in [2.24, 2.45) is 0 Å². The molecule has 3 aromatic heterocycles. The number of aromatic nitrogens is 4. The Balaban J connectivity index is 1.47. The third-order valence-electron chi connectivity index (χ3n) is 5.35. The number of pyridine rings is 2. The number of nitrogens with one attached hydrogen (secondary N) is 3. The summed E-state index contributed by atoms with van der Waals surface area (Å²) in [7, 11) is 0. The predicted molar refractivity (Wildman–Crippen MR) is 116 cm³/mol. The minimum absolute atomic E-state index is 0.229. The van der Waals surface area contributed by atoms with Crippen LogP contribution in [0.1, 0.15) is 23.3 Å². The molecule has 0 spiro atoms. The molecule has 30 heavy (non-hydrogen) atoms. The van der Waals surface area contributed by atoms with E-state index in [1.54, 1.807) is 6.07 Å². The van der Waals surface area contributed by atoms with Crippen molar-refractivity contribution < 1.29 is 4.79 Å². The number of benzene rings is 1. The Morgan fingerprint density at radius 1 is 1.03 bits per heavy atom. The average molecular weight is 400 g/mol. The summed E-state index contributed by atoms with van der Waals surface area (Å²) in [6.07, 6.45) is 7.60. The van der Waals surface area contributed by atoms with E-state index in [0.717, 1.165) is 40.8 Å². The fourth-order valence-corrected chi connectivity index (χ4v) is 3.78. The lowest BCUT2D eigenvalue weighted by atomic mass is 10.0. The van der Waals surface area contributed by atoms with Gasteiger partial charge < -0.3 is 15.2 Å². The van der Waals surface area contributed by atoms with Gasteiger partial charge in [0.15, 0.2) is 5.69 Å². The van der Waals surface area contributed by atoms with Crippen molar-refractivity contribution in [1.82, 2.24) is 20.2 Å². The van der Waals surface area contributed by atoms with Gasteiger partial charge in [0.1, 0.15) is 0 Å². The lowest BCUT2D eigenvalue weighted by Crippen LogP contribution is -2.17. The van der Waals surface area contributed by atoms with Crippen LogP contribution in [0.2, 0.25) is 0 Å². The SMILES string of the molecule is O=C(Nc1ccc(=O)[nH]c1)c1n[nH]c2ccc(-c3cncc(N4CCCC4)c3)cc12. The minimum Gasteiger partial charge on any atom is -0.370 e. The van der Waals surface area contributed by atoms with Crippen LogP contribution in [-0.4, -0.2) is 39.2 Å². The normalized spacial score (nSPS) is 13.7. The van der Waals surface area contributed by atoms with Crippen molar-refractivity contribution in [1.29, 1.82) is 0 Å². The summed E-state index contributed by atoms with van der Waals surface area (Å²) in [5.74, 6) is -0.352. The van der Waals surface area contributed by atoms with Crippen LogP contribution in [0.3, 0.4) is 0 Å². The van der Waals surface area contributed by atoms with E-state index in [0.29, 0.717) is 11.4 Å². The Morgan fingerprint density at radius 2 is 1.90 bits per heavy atom. The van der Waals surface area contributed by atoms with Gasteiger partial charge >= 0.3 is 0 Å². The summed E-state index contributed by atoms with van der Waals surface area (Å²) in [5.41, 5.74) is 4.41. The minimum atomic E-state index is -0.352. The molecule has 8 nitrogen and oxygen atoms in total. The molecule has 8 heteroatoms. The highest BCUT2D eigenvalue weighted by atomic mass is 16.2. The number of nitrogens with zero attached hydrogens (tertiary/aromatic N) is 3. The number of carbonyl (C=O) groups is 1. The Morgan fingerprint density at radius 3 is 2.70 bits per heavy atom. The van der Waals surface area contributed by atoms with E-state index in [2.05, 4.69) is 36.4 Å². The summed E-state index contributed by atoms with van der Waals surface area (Å²) >= 11 is 0. The second-order valence-corrected chi connectivity index (χ2v) is 7.35. The van der Waals surface area contributed by atoms with Crippen LogP contribution in [0.4, 0.5) is 11.4 Å². The third kappa shape index (κ3) is 3.43. The number of fused-ring (bicyclic) bond motifs is 1. The van der Waals surface area contributed by atoms with E-state index < -0.39 is 0 Å². The van der Waals surface area contributed by atoms with Gasteiger partial charge in [-0.3, -0.25) is 19.7 Å². The van der Waals surface area contributed by atoms with Gasteiger partial charge in [0.25, 0.3) is 5.91 Å². The fraction of sp³-hybridized carbons (Fsp3) is 0.182. The molecule has 0 bridgehead atoms. The molecule has 0 radical (unpaired) electrons. The van der Waals surface area contributed by atoms with Crippen LogP contribution < -0.4 is 15.8 Å². The number of aromatic amines is 2. The first-order valence-electron chi connectivity index (χ1n) is 9.86. The molecule has 1 aromatic carbocycles. The molecule has 0 atom stereocenters. The Kier molecular flexibility index (Phi) is 4.51. The molecule has 1 aliphatic rings. The third-order valence-corrected chi connectivity index (χ3v) is 5.35. The molecule has 3 N–H and O–H groups in total. The summed E-state index contributed by atoms with van der Waals surface area (Å²) in [4.78, 5) is 33.2. The largest absolute Gasteiger partial charge is 0.370 e. The second-order valence-electron chi connectivity index (χ2n) is 7.35. The predicted octanol–water partition coefficient (Wildman–Crippen LogP) is 3.17. The lowest BCUT2D eigenvalue weighted by Gasteiger charge is -2.17. The lowest BCUT2D eigenvalue weighted by molar-refractivity contribution is 0.102. The second kappa shape index (κ2) is 7.47. The van der Waals surface area contributed by atoms with Crippen LogP contribution in [0.15, 0.2) is 59.8 Å². The molecule has 0 aliphatic carbocycles. The molecule has 4 aromatic rings. The first kappa shape index (κ1) is 18.1. The highest BCUT2D eigenvalue weighted by Gasteiger charge is 2.17. The zero-order chi connectivity index (χ0) is 20.5. The van der Waals surface area contributed by atoms with Crippen molar-refractivity contribution in [3.05, 3.63) is 71.0 Å². The van der Waals surface area contributed by atoms with Gasteiger partial charge in [0.2, 0.25) is 5.56 Å². The highest BCUT2D eigenvalue weighted by Crippen LogP contribution is 2.29. The molecule has 1 amide bonds. The van der Waals surface area contributed by atoms with Crippen LogP contribution in [0.25, 0.3) is 22.0 Å². The average Bonchev–Trinajstić information content (AvgIpc) is 3.45. The van der Waals surface area contributed by atoms with E-state index in [1.165, 1.54) is 25.1 Å². The van der Waals surface area contributed by atoms with Crippen LogP contribution >= 0.6 is 0 Å². The fourth-order valence-electron chi connectivity index (χ4n) is 3.78. The number of H-pyrrole nitrogens is 2. The topological polar surface area (TPSA) is 107 Å². The number of anilines is 2. The van der Waals surface area contributed by atoms with Gasteiger partial charge in [-0.05, 0) is 42.7 Å². The van der Waals surface area contributed by atoms with E-state index in [9.17, 15) is 9.59 Å². The highest BCUT2D eigenvalue weighted by molar-refractivity contribution is 6.11. The molecular weight excluding hydrogens is 380 g/mol. The van der Waals surface area contributed by atoms with Gasteiger partial charge in [-0.1, -0.05) is 6.07 Å². The molecule has 5 rings (SSSR count). The van der Waals surface area contributed by atoms with Crippen molar-refractivity contribution in [2.75, 3.05) is 23.3 Å². The summed E-state index contributed by atoms with van der Waals surface area (Å²) in [6, 6.07) is 10.9. The number of carbonyl (C=O) groups excluding carboxylic acids is 1. The molecular formula is C22H20N6O2. The molecule has 1 fully saturated rings. The quantitative estimate of drug-likeness (QED) is 0.488. The maximum absolute atomic E-state index is 12.7. The van der Waals surface area contributed by atoms with Crippen LogP contribution in [0, 0.1) is 0 Å². The zero-order valence-corrected chi connectivity index (χ0v) is 16.2. The van der Waals surface area contributed by atoms with Crippen LogP contribution in [-0.2, 0) is 0 Å². The van der Waals surface area contributed by atoms with Gasteiger partial charge in [0.05, 0.1) is 23.1 Å². The van der Waals surface area contributed by atoms with E-state index in [1.807, 2.05) is 30.6 Å². The van der Waals surface area contributed by atoms with Gasteiger partial charge in [-0.2, -0.15) is 5.10 Å². The Hall–Kier alpha value is -3.94. The van der Waals surface area contributed by atoms with Crippen molar-refractivity contribution in [3.8, 4) is 11.1 Å².